The van der Waals surface area contributed by atoms with Gasteiger partial charge in [-0.25, -0.2) is 0 Å². The molecule has 0 saturated heterocycles. The molecule has 1 aromatic heterocycles. The molecule has 2 heterocycles. The van der Waals surface area contributed by atoms with Crippen LogP contribution in [0.1, 0.15) is 63.1 Å². The zero-order valence-corrected chi connectivity index (χ0v) is 25.4. The third-order valence-electron chi connectivity index (χ3n) is 7.95. The van der Waals surface area contributed by atoms with E-state index >= 15 is 0 Å². The van der Waals surface area contributed by atoms with Crippen LogP contribution < -0.4 is 5.32 Å². The quantitative estimate of drug-likeness (QED) is 0.289. The minimum absolute atomic E-state index is 0.00316. The molecule has 0 atom stereocenters. The number of aliphatic imine (C=N–C) groups is 1. The van der Waals surface area contributed by atoms with E-state index in [1.54, 1.807) is 0 Å². The van der Waals surface area contributed by atoms with Crippen LogP contribution in [0.4, 0.5) is 5.95 Å². The van der Waals surface area contributed by atoms with E-state index < -0.39 is 5.66 Å². The SMILES string of the molecule is C=C(Nc1nn[nH]n1)c1ccc(CCN2C(=O)C(c3cc(Cl)cc(I)c3)=NC23CCC(C(C)(C)C)CC3)cc1. The molecular weight excluding hydrogens is 625 g/mol. The Kier molecular flexibility index (Phi) is 7.83. The number of carbonyl (C=O) groups is 1. The predicted molar refractivity (Wildman–Crippen MR) is 164 cm³/mol. The van der Waals surface area contributed by atoms with Gasteiger partial charge in [-0.2, -0.15) is 5.21 Å². The zero-order valence-electron chi connectivity index (χ0n) is 22.5. The number of carbonyl (C=O) groups excluding carboxylic acids is 1. The van der Waals surface area contributed by atoms with Gasteiger partial charge in [-0.1, -0.05) is 68.3 Å². The number of nitrogens with zero attached hydrogens (tertiary/aromatic N) is 5. The first-order valence-electron chi connectivity index (χ1n) is 13.2. The Bertz CT molecular complexity index is 1370. The van der Waals surface area contributed by atoms with Gasteiger partial charge >= 0.3 is 0 Å². The van der Waals surface area contributed by atoms with Crippen LogP contribution in [0.5, 0.6) is 0 Å². The van der Waals surface area contributed by atoms with Crippen LogP contribution in [0.3, 0.4) is 0 Å². The first kappa shape index (κ1) is 27.8. The maximum Gasteiger partial charge on any atom is 0.274 e. The Morgan fingerprint density at radius 1 is 1.21 bits per heavy atom. The number of amides is 1. The van der Waals surface area contributed by atoms with Gasteiger partial charge in [-0.15, -0.1) is 5.10 Å². The lowest BCUT2D eigenvalue weighted by atomic mass is 9.69. The summed E-state index contributed by atoms with van der Waals surface area (Å²) in [6, 6.07) is 13.9. The van der Waals surface area contributed by atoms with Gasteiger partial charge in [-0.05, 0) is 101 Å². The van der Waals surface area contributed by atoms with E-state index in [2.05, 4.69) is 88.0 Å². The molecule has 2 N–H and O–H groups in total. The third kappa shape index (κ3) is 6.04. The standard InChI is InChI=1S/C29H33ClIN7O/c1-18(32-27-34-36-37-35-27)20-7-5-19(6-8-20)11-14-38-26(39)25(21-15-23(30)17-24(31)16-21)33-29(38)12-9-22(10-13-29)28(2,3)4/h5-8,15-17,22H,1,9-14H2,2-4H3,(H2,32,34,35,36,37). The highest BCUT2D eigenvalue weighted by molar-refractivity contribution is 14.1. The van der Waals surface area contributed by atoms with E-state index in [0.29, 0.717) is 34.8 Å². The Balaban J connectivity index is 1.34. The molecule has 1 fully saturated rings. The van der Waals surface area contributed by atoms with Gasteiger partial charge in [0, 0.05) is 26.4 Å². The van der Waals surface area contributed by atoms with Gasteiger partial charge < -0.3 is 10.2 Å². The van der Waals surface area contributed by atoms with Crippen molar-refractivity contribution in [2.45, 2.75) is 58.5 Å². The summed E-state index contributed by atoms with van der Waals surface area (Å²) in [6.07, 6.45) is 4.60. The molecule has 39 heavy (non-hydrogen) atoms. The predicted octanol–water partition coefficient (Wildman–Crippen LogP) is 6.35. The fourth-order valence-corrected chi connectivity index (χ4v) is 6.77. The van der Waals surface area contributed by atoms with E-state index in [1.807, 2.05) is 35.2 Å². The summed E-state index contributed by atoms with van der Waals surface area (Å²) in [5.41, 5.74) is 3.83. The number of hydrogen-bond donors (Lipinski definition) is 2. The Morgan fingerprint density at radius 2 is 1.92 bits per heavy atom. The highest BCUT2D eigenvalue weighted by atomic mass is 127. The van der Waals surface area contributed by atoms with Gasteiger partial charge in [0.05, 0.1) is 0 Å². The van der Waals surface area contributed by atoms with Crippen molar-refractivity contribution >= 4 is 57.5 Å². The summed E-state index contributed by atoms with van der Waals surface area (Å²) >= 11 is 8.61. The van der Waals surface area contributed by atoms with Crippen molar-refractivity contribution in [3.05, 3.63) is 74.3 Å². The molecule has 1 saturated carbocycles. The summed E-state index contributed by atoms with van der Waals surface area (Å²) in [5, 5.41) is 17.4. The molecule has 5 rings (SSSR count). The summed E-state index contributed by atoms with van der Waals surface area (Å²) in [4.78, 5) is 21.1. The normalized spacial score (nSPS) is 21.4. The number of tetrazole rings is 1. The Hall–Kier alpha value is -2.79. The minimum Gasteiger partial charge on any atom is -0.322 e. The van der Waals surface area contributed by atoms with Gasteiger partial charge in [-0.3, -0.25) is 9.79 Å². The molecule has 1 amide bonds. The average Bonchev–Trinajstić information content (AvgIpc) is 3.48. The molecular formula is C29H33ClIN7O. The van der Waals surface area contributed by atoms with Crippen LogP contribution in [-0.4, -0.2) is 49.4 Å². The molecule has 0 bridgehead atoms. The van der Waals surface area contributed by atoms with Crippen molar-refractivity contribution in [2.75, 3.05) is 11.9 Å². The van der Waals surface area contributed by atoms with Crippen molar-refractivity contribution in [1.82, 2.24) is 25.5 Å². The largest absolute Gasteiger partial charge is 0.322 e. The molecule has 1 aliphatic carbocycles. The number of halogens is 2. The van der Waals surface area contributed by atoms with Gasteiger partial charge in [0.15, 0.2) is 0 Å². The van der Waals surface area contributed by atoms with Crippen molar-refractivity contribution in [3.8, 4) is 0 Å². The summed E-state index contributed by atoms with van der Waals surface area (Å²) < 4.78 is 0.991. The number of hydrogen-bond acceptors (Lipinski definition) is 6. The van der Waals surface area contributed by atoms with E-state index in [1.165, 1.54) is 0 Å². The smallest absolute Gasteiger partial charge is 0.274 e. The fraction of sp³-hybridized carbons (Fsp3) is 0.414. The van der Waals surface area contributed by atoms with Crippen molar-refractivity contribution in [3.63, 3.8) is 0 Å². The second-order valence-electron chi connectivity index (χ2n) is 11.5. The molecule has 0 radical (unpaired) electrons. The number of benzene rings is 2. The van der Waals surface area contributed by atoms with Crippen molar-refractivity contribution in [2.24, 2.45) is 16.3 Å². The molecule has 204 valence electrons. The van der Waals surface area contributed by atoms with Gasteiger partial charge in [0.1, 0.15) is 11.4 Å². The molecule has 3 aromatic rings. The van der Waals surface area contributed by atoms with Crippen LogP contribution in [0.2, 0.25) is 5.02 Å². The number of aromatic amines is 1. The van der Waals surface area contributed by atoms with Crippen molar-refractivity contribution < 1.29 is 4.79 Å². The lowest BCUT2D eigenvalue weighted by Crippen LogP contribution is -2.50. The van der Waals surface area contributed by atoms with Crippen LogP contribution >= 0.6 is 34.2 Å². The maximum atomic E-state index is 13.9. The van der Waals surface area contributed by atoms with Gasteiger partial charge in [0.2, 0.25) is 0 Å². The van der Waals surface area contributed by atoms with Crippen molar-refractivity contribution in [1.29, 1.82) is 0 Å². The van der Waals surface area contributed by atoms with Crippen LogP contribution in [-0.2, 0) is 11.2 Å². The maximum absolute atomic E-state index is 13.9. The summed E-state index contributed by atoms with van der Waals surface area (Å²) in [7, 11) is 0. The molecule has 0 unspecified atom stereocenters. The van der Waals surface area contributed by atoms with E-state index in [4.69, 9.17) is 16.6 Å². The average molecular weight is 658 g/mol. The van der Waals surface area contributed by atoms with Crippen LogP contribution in [0.25, 0.3) is 5.70 Å². The molecule has 10 heteroatoms. The highest BCUT2D eigenvalue weighted by Gasteiger charge is 2.49. The molecule has 2 aliphatic rings. The zero-order chi connectivity index (χ0) is 27.8. The first-order chi connectivity index (χ1) is 18.5. The third-order valence-corrected chi connectivity index (χ3v) is 8.79. The second-order valence-corrected chi connectivity index (χ2v) is 13.2. The van der Waals surface area contributed by atoms with E-state index in [-0.39, 0.29) is 11.3 Å². The molecule has 8 nitrogen and oxygen atoms in total. The number of rotatable bonds is 7. The Morgan fingerprint density at radius 3 is 2.54 bits per heavy atom. The van der Waals surface area contributed by atoms with E-state index in [9.17, 15) is 4.79 Å². The monoisotopic (exact) mass is 657 g/mol. The second kappa shape index (κ2) is 11.0. The molecule has 1 spiro atoms. The number of anilines is 1. The van der Waals surface area contributed by atoms with Crippen LogP contribution in [0, 0.1) is 14.9 Å². The van der Waals surface area contributed by atoms with Crippen LogP contribution in [0.15, 0.2) is 54.0 Å². The number of H-pyrrole nitrogens is 1. The number of aromatic nitrogens is 4. The lowest BCUT2D eigenvalue weighted by molar-refractivity contribution is -0.129. The van der Waals surface area contributed by atoms with Gasteiger partial charge in [0.25, 0.3) is 11.9 Å². The first-order valence-corrected chi connectivity index (χ1v) is 14.7. The molecule has 2 aromatic carbocycles. The Labute approximate surface area is 247 Å². The molecule has 1 aliphatic heterocycles. The summed E-state index contributed by atoms with van der Waals surface area (Å²) in [6.45, 7) is 11.6. The summed E-state index contributed by atoms with van der Waals surface area (Å²) in [5.74, 6) is 0.984. The number of nitrogens with one attached hydrogen (secondary N) is 2. The van der Waals surface area contributed by atoms with E-state index in [0.717, 1.165) is 52.4 Å². The lowest BCUT2D eigenvalue weighted by Gasteiger charge is -2.45. The fourth-order valence-electron chi connectivity index (χ4n) is 5.68. The minimum atomic E-state index is -0.495. The topological polar surface area (TPSA) is 99.2 Å². The highest BCUT2D eigenvalue weighted by Crippen LogP contribution is 2.46.